The van der Waals surface area contributed by atoms with Crippen molar-refractivity contribution in [3.63, 3.8) is 0 Å². The fraction of sp³-hybridized carbons (Fsp3) is 1.00. The Hall–Kier alpha value is -0.120. The maximum absolute atomic E-state index is 5.49. The van der Waals surface area contributed by atoms with Gasteiger partial charge in [0.1, 0.15) is 6.23 Å². The van der Waals surface area contributed by atoms with Gasteiger partial charge in [0.25, 0.3) is 0 Å². The Bertz CT molecular complexity index is 60.1. The third-order valence-electron chi connectivity index (χ3n) is 1.33. The Morgan fingerprint density at radius 3 is 2.56 bits per heavy atom. The van der Waals surface area contributed by atoms with Gasteiger partial charge in [-0.3, -0.25) is 0 Å². The van der Waals surface area contributed by atoms with Crippen molar-refractivity contribution in [2.75, 3.05) is 27.2 Å². The predicted molar refractivity (Wildman–Crippen MR) is 38.2 cm³/mol. The maximum Gasteiger partial charge on any atom is 0.118 e. The molecule has 56 valence electrons. The van der Waals surface area contributed by atoms with E-state index < -0.39 is 0 Å². The molecule has 0 aliphatic heterocycles. The zero-order valence-corrected chi connectivity index (χ0v) is 6.42. The summed E-state index contributed by atoms with van der Waals surface area (Å²) in [7, 11) is 3.63. The first-order chi connectivity index (χ1) is 4.20. The van der Waals surface area contributed by atoms with Gasteiger partial charge in [0.15, 0.2) is 0 Å². The maximum atomic E-state index is 5.49. The minimum Gasteiger partial charge on any atom is -0.365 e. The smallest absolute Gasteiger partial charge is 0.118 e. The van der Waals surface area contributed by atoms with Crippen LogP contribution in [-0.2, 0) is 4.74 Å². The second-order valence-corrected chi connectivity index (χ2v) is 2.13. The molecule has 0 rings (SSSR count). The number of rotatable bonds is 4. The van der Waals surface area contributed by atoms with Gasteiger partial charge in [-0.1, -0.05) is 6.92 Å². The minimum absolute atomic E-state index is 0.144. The molecule has 0 saturated carbocycles. The lowest BCUT2D eigenvalue weighted by atomic mass is 10.5. The molecule has 0 aromatic heterocycles. The summed E-state index contributed by atoms with van der Waals surface area (Å²) in [6.45, 7) is 3.90. The normalized spacial score (nSPS) is 14.3. The number of hydrogen-bond donors (Lipinski definition) is 1. The van der Waals surface area contributed by atoms with Gasteiger partial charge in [0.2, 0.25) is 0 Å². The van der Waals surface area contributed by atoms with Crippen LogP contribution < -0.4 is 5.73 Å². The van der Waals surface area contributed by atoms with Crippen molar-refractivity contribution >= 4 is 0 Å². The summed E-state index contributed by atoms with van der Waals surface area (Å²) in [4.78, 5) is 2.11. The molecule has 0 spiro atoms. The van der Waals surface area contributed by atoms with Crippen LogP contribution in [0.5, 0.6) is 0 Å². The molecule has 1 atom stereocenters. The molecular formula is C6H16N2O. The Kier molecular flexibility index (Phi) is 4.67. The molecular weight excluding hydrogens is 116 g/mol. The Morgan fingerprint density at radius 2 is 2.22 bits per heavy atom. The van der Waals surface area contributed by atoms with E-state index in [-0.39, 0.29) is 6.23 Å². The lowest BCUT2D eigenvalue weighted by Crippen LogP contribution is -2.36. The summed E-state index contributed by atoms with van der Waals surface area (Å²) in [6, 6.07) is 0. The van der Waals surface area contributed by atoms with Gasteiger partial charge in [-0.2, -0.15) is 0 Å². The molecule has 0 fully saturated rings. The molecule has 9 heavy (non-hydrogen) atoms. The quantitative estimate of drug-likeness (QED) is 0.541. The van der Waals surface area contributed by atoms with Crippen LogP contribution in [0.1, 0.15) is 6.92 Å². The number of nitrogens with zero attached hydrogens (tertiary/aromatic N) is 1. The number of ether oxygens (including phenoxy) is 1. The van der Waals surface area contributed by atoms with Crippen molar-refractivity contribution in [3.05, 3.63) is 0 Å². The molecule has 2 N–H and O–H groups in total. The first-order valence-electron chi connectivity index (χ1n) is 3.17. The van der Waals surface area contributed by atoms with Gasteiger partial charge in [-0.25, -0.2) is 0 Å². The molecule has 0 heterocycles. The van der Waals surface area contributed by atoms with Crippen LogP contribution >= 0.6 is 0 Å². The molecule has 3 nitrogen and oxygen atoms in total. The van der Waals surface area contributed by atoms with Crippen LogP contribution in [0.3, 0.4) is 0 Å². The standard InChI is InChI=1S/C6H16N2O/c1-4-8(2)5-6(7)9-3/h6H,4-5,7H2,1-3H3. The van der Waals surface area contributed by atoms with E-state index >= 15 is 0 Å². The van der Waals surface area contributed by atoms with E-state index in [0.717, 1.165) is 13.1 Å². The summed E-state index contributed by atoms with van der Waals surface area (Å²) in [5.41, 5.74) is 5.49. The molecule has 0 aromatic carbocycles. The van der Waals surface area contributed by atoms with Gasteiger partial charge in [-0.05, 0) is 13.6 Å². The predicted octanol–water partition coefficient (Wildman–Crippen LogP) is -0.131. The average Bonchev–Trinajstić information content (AvgIpc) is 1.87. The Labute approximate surface area is 56.8 Å². The van der Waals surface area contributed by atoms with Crippen LogP contribution in [0.25, 0.3) is 0 Å². The van der Waals surface area contributed by atoms with E-state index in [1.54, 1.807) is 7.11 Å². The minimum atomic E-state index is -0.144. The number of methoxy groups -OCH3 is 1. The van der Waals surface area contributed by atoms with Gasteiger partial charge in [-0.15, -0.1) is 0 Å². The topological polar surface area (TPSA) is 38.5 Å². The average molecular weight is 132 g/mol. The molecule has 0 amide bonds. The largest absolute Gasteiger partial charge is 0.365 e. The fourth-order valence-corrected chi connectivity index (χ4v) is 0.511. The van der Waals surface area contributed by atoms with Gasteiger partial charge >= 0.3 is 0 Å². The van der Waals surface area contributed by atoms with Crippen LogP contribution in [0, 0.1) is 0 Å². The van der Waals surface area contributed by atoms with Crippen molar-refractivity contribution in [3.8, 4) is 0 Å². The highest BCUT2D eigenvalue weighted by atomic mass is 16.5. The second-order valence-electron chi connectivity index (χ2n) is 2.13. The van der Waals surface area contributed by atoms with E-state index in [1.165, 1.54) is 0 Å². The van der Waals surface area contributed by atoms with E-state index in [2.05, 4.69) is 11.8 Å². The summed E-state index contributed by atoms with van der Waals surface area (Å²) in [5, 5.41) is 0. The molecule has 1 unspecified atom stereocenters. The summed E-state index contributed by atoms with van der Waals surface area (Å²) in [6.07, 6.45) is -0.144. The molecule has 0 aliphatic carbocycles. The van der Waals surface area contributed by atoms with Crippen molar-refractivity contribution in [1.29, 1.82) is 0 Å². The first kappa shape index (κ1) is 8.88. The SMILES string of the molecule is CCN(C)CC(N)OC. The molecule has 0 radical (unpaired) electrons. The van der Waals surface area contributed by atoms with Gasteiger partial charge in [0, 0.05) is 13.7 Å². The summed E-state index contributed by atoms with van der Waals surface area (Å²) in [5.74, 6) is 0. The van der Waals surface area contributed by atoms with Gasteiger partial charge in [0.05, 0.1) is 0 Å². The molecule has 0 bridgehead atoms. The Balaban J connectivity index is 3.22. The van der Waals surface area contributed by atoms with Crippen molar-refractivity contribution in [1.82, 2.24) is 4.90 Å². The third kappa shape index (κ3) is 4.39. The monoisotopic (exact) mass is 132 g/mol. The van der Waals surface area contributed by atoms with E-state index in [1.807, 2.05) is 7.05 Å². The van der Waals surface area contributed by atoms with Crippen LogP contribution in [0.4, 0.5) is 0 Å². The van der Waals surface area contributed by atoms with E-state index in [4.69, 9.17) is 10.5 Å². The number of likely N-dealkylation sites (N-methyl/N-ethyl adjacent to an activating group) is 1. The molecule has 3 heteroatoms. The van der Waals surface area contributed by atoms with E-state index in [9.17, 15) is 0 Å². The number of hydrogen-bond acceptors (Lipinski definition) is 3. The summed E-state index contributed by atoms with van der Waals surface area (Å²) >= 11 is 0. The highest BCUT2D eigenvalue weighted by Gasteiger charge is 2.01. The highest BCUT2D eigenvalue weighted by molar-refractivity contribution is 4.52. The molecule has 0 aromatic rings. The van der Waals surface area contributed by atoms with Crippen LogP contribution in [0.15, 0.2) is 0 Å². The molecule has 0 saturated heterocycles. The van der Waals surface area contributed by atoms with Crippen molar-refractivity contribution < 1.29 is 4.74 Å². The van der Waals surface area contributed by atoms with Gasteiger partial charge < -0.3 is 15.4 Å². The fourth-order valence-electron chi connectivity index (χ4n) is 0.511. The lowest BCUT2D eigenvalue weighted by Gasteiger charge is -2.17. The zero-order chi connectivity index (χ0) is 7.28. The second kappa shape index (κ2) is 4.73. The third-order valence-corrected chi connectivity index (χ3v) is 1.33. The van der Waals surface area contributed by atoms with Crippen molar-refractivity contribution in [2.45, 2.75) is 13.2 Å². The number of nitrogens with two attached hydrogens (primary N) is 1. The first-order valence-corrected chi connectivity index (χ1v) is 3.17. The lowest BCUT2D eigenvalue weighted by molar-refractivity contribution is 0.0783. The summed E-state index contributed by atoms with van der Waals surface area (Å²) < 4.78 is 4.86. The Morgan fingerprint density at radius 1 is 1.67 bits per heavy atom. The van der Waals surface area contributed by atoms with Crippen LogP contribution in [-0.4, -0.2) is 38.4 Å². The van der Waals surface area contributed by atoms with E-state index in [0.29, 0.717) is 0 Å². The van der Waals surface area contributed by atoms with Crippen LogP contribution in [0.2, 0.25) is 0 Å². The highest BCUT2D eigenvalue weighted by Crippen LogP contribution is 1.84. The zero-order valence-electron chi connectivity index (χ0n) is 6.42. The van der Waals surface area contributed by atoms with Crippen molar-refractivity contribution in [2.24, 2.45) is 5.73 Å². The molecule has 0 aliphatic rings.